The first-order valence-corrected chi connectivity index (χ1v) is 9.36. The van der Waals surface area contributed by atoms with E-state index in [0.717, 1.165) is 39.3 Å². The molecule has 2 unspecified atom stereocenters. The van der Waals surface area contributed by atoms with Crippen LogP contribution < -0.4 is 10.6 Å². The zero-order chi connectivity index (χ0) is 16.7. The van der Waals surface area contributed by atoms with E-state index in [-0.39, 0.29) is 36.8 Å². The highest BCUT2D eigenvalue weighted by molar-refractivity contribution is 5.85. The largest absolute Gasteiger partial charge is 0.374 e. The van der Waals surface area contributed by atoms with E-state index in [1.165, 1.54) is 12.8 Å². The number of rotatable bonds is 7. The van der Waals surface area contributed by atoms with Gasteiger partial charge in [-0.1, -0.05) is 20.8 Å². The number of halogens is 2. The Balaban J connectivity index is 0.00000288. The van der Waals surface area contributed by atoms with E-state index < -0.39 is 0 Å². The van der Waals surface area contributed by atoms with Crippen molar-refractivity contribution in [2.75, 3.05) is 45.9 Å². The monoisotopic (exact) mass is 397 g/mol. The third-order valence-corrected chi connectivity index (χ3v) is 5.07. The van der Waals surface area contributed by atoms with Gasteiger partial charge < -0.3 is 15.4 Å². The smallest absolute Gasteiger partial charge is 0.220 e. The highest BCUT2D eigenvalue weighted by Crippen LogP contribution is 2.24. The molecule has 2 fully saturated rings. The summed E-state index contributed by atoms with van der Waals surface area (Å²) < 4.78 is 5.80. The molecule has 7 heteroatoms. The highest BCUT2D eigenvalue weighted by Gasteiger charge is 2.24. The Bertz CT molecular complexity index is 366. The van der Waals surface area contributed by atoms with Crippen LogP contribution in [0.15, 0.2) is 0 Å². The van der Waals surface area contributed by atoms with Gasteiger partial charge in [-0.05, 0) is 43.7 Å². The standard InChI is InChI=1S/C18H35N3O2.2ClH/c1-14(2)12-21-8-9-23-17(13-21)11-20-18(22)10-15(3)16-4-6-19-7-5-16;;/h14-17,19H,4-13H2,1-3H3,(H,20,22);2*1H. The van der Waals surface area contributed by atoms with Crippen molar-refractivity contribution >= 4 is 30.7 Å². The molecule has 2 rings (SSSR count). The number of piperidine rings is 1. The fraction of sp³-hybridized carbons (Fsp3) is 0.944. The maximum Gasteiger partial charge on any atom is 0.220 e. The number of ether oxygens (including phenoxy) is 1. The van der Waals surface area contributed by atoms with Gasteiger partial charge in [0.2, 0.25) is 5.91 Å². The van der Waals surface area contributed by atoms with Gasteiger partial charge in [-0.2, -0.15) is 0 Å². The molecular formula is C18H37Cl2N3O2. The van der Waals surface area contributed by atoms with Crippen LogP contribution in [-0.2, 0) is 9.53 Å². The number of hydrogen-bond acceptors (Lipinski definition) is 4. The van der Waals surface area contributed by atoms with Crippen molar-refractivity contribution in [2.24, 2.45) is 17.8 Å². The molecule has 0 aromatic heterocycles. The van der Waals surface area contributed by atoms with Crippen LogP contribution in [0.3, 0.4) is 0 Å². The molecule has 25 heavy (non-hydrogen) atoms. The molecule has 2 heterocycles. The summed E-state index contributed by atoms with van der Waals surface area (Å²) in [7, 11) is 0. The van der Waals surface area contributed by atoms with Crippen LogP contribution in [0.25, 0.3) is 0 Å². The van der Waals surface area contributed by atoms with E-state index in [9.17, 15) is 4.79 Å². The van der Waals surface area contributed by atoms with Gasteiger partial charge in [-0.25, -0.2) is 0 Å². The van der Waals surface area contributed by atoms with Crippen LogP contribution in [-0.4, -0.2) is 62.8 Å². The SMILES string of the molecule is CC(C)CN1CCOC(CNC(=O)CC(C)C2CCNCC2)C1.Cl.Cl. The number of carbonyl (C=O) groups excluding carboxylic acids is 1. The number of morpholine rings is 1. The summed E-state index contributed by atoms with van der Waals surface area (Å²) in [5.74, 6) is 2.02. The van der Waals surface area contributed by atoms with E-state index in [1.807, 2.05) is 0 Å². The number of hydrogen-bond donors (Lipinski definition) is 2. The van der Waals surface area contributed by atoms with E-state index >= 15 is 0 Å². The molecule has 5 nitrogen and oxygen atoms in total. The Morgan fingerprint density at radius 3 is 2.56 bits per heavy atom. The molecule has 0 aliphatic carbocycles. The van der Waals surface area contributed by atoms with Crippen LogP contribution >= 0.6 is 24.8 Å². The molecular weight excluding hydrogens is 361 g/mol. The molecule has 2 aliphatic heterocycles. The van der Waals surface area contributed by atoms with Crippen LogP contribution in [0.1, 0.15) is 40.0 Å². The Labute approximate surface area is 165 Å². The Hall–Kier alpha value is -0.0700. The van der Waals surface area contributed by atoms with Gasteiger partial charge in [0.05, 0.1) is 12.7 Å². The molecule has 2 aliphatic rings. The number of nitrogens with one attached hydrogen (secondary N) is 2. The molecule has 2 saturated heterocycles. The minimum Gasteiger partial charge on any atom is -0.374 e. The summed E-state index contributed by atoms with van der Waals surface area (Å²) in [6.45, 7) is 13.4. The molecule has 0 saturated carbocycles. The van der Waals surface area contributed by atoms with Gasteiger partial charge in [0.15, 0.2) is 0 Å². The second-order valence-electron chi connectivity index (χ2n) is 7.72. The second-order valence-corrected chi connectivity index (χ2v) is 7.72. The molecule has 0 spiro atoms. The van der Waals surface area contributed by atoms with Gasteiger partial charge in [0.25, 0.3) is 0 Å². The topological polar surface area (TPSA) is 53.6 Å². The minimum atomic E-state index is 0. The molecule has 2 N–H and O–H groups in total. The Morgan fingerprint density at radius 1 is 1.24 bits per heavy atom. The van der Waals surface area contributed by atoms with Gasteiger partial charge in [-0.3, -0.25) is 9.69 Å². The molecule has 0 bridgehead atoms. The quantitative estimate of drug-likeness (QED) is 0.691. The van der Waals surface area contributed by atoms with Crippen molar-refractivity contribution in [2.45, 2.75) is 46.1 Å². The van der Waals surface area contributed by atoms with Gasteiger partial charge in [0, 0.05) is 32.6 Å². The molecule has 0 aromatic carbocycles. The first-order valence-electron chi connectivity index (χ1n) is 9.36. The van der Waals surface area contributed by atoms with Gasteiger partial charge in [0.1, 0.15) is 0 Å². The fourth-order valence-corrected chi connectivity index (χ4v) is 3.76. The van der Waals surface area contributed by atoms with Crippen molar-refractivity contribution < 1.29 is 9.53 Å². The summed E-state index contributed by atoms with van der Waals surface area (Å²) in [5.41, 5.74) is 0. The third-order valence-electron chi connectivity index (χ3n) is 5.07. The number of amides is 1. The van der Waals surface area contributed by atoms with Crippen LogP contribution in [0.4, 0.5) is 0 Å². The first-order chi connectivity index (χ1) is 11.0. The maximum atomic E-state index is 12.2. The molecule has 150 valence electrons. The van der Waals surface area contributed by atoms with Crippen molar-refractivity contribution in [1.82, 2.24) is 15.5 Å². The third kappa shape index (κ3) is 9.43. The lowest BCUT2D eigenvalue weighted by atomic mass is 9.84. The molecule has 0 radical (unpaired) electrons. The lowest BCUT2D eigenvalue weighted by Gasteiger charge is -2.34. The Kier molecular flexibility index (Phi) is 13.1. The van der Waals surface area contributed by atoms with Crippen molar-refractivity contribution in [3.8, 4) is 0 Å². The van der Waals surface area contributed by atoms with E-state index in [2.05, 4.69) is 36.3 Å². The molecule has 0 aromatic rings. The van der Waals surface area contributed by atoms with E-state index in [1.54, 1.807) is 0 Å². The zero-order valence-electron chi connectivity index (χ0n) is 16.0. The Morgan fingerprint density at radius 2 is 1.92 bits per heavy atom. The summed E-state index contributed by atoms with van der Waals surface area (Å²) >= 11 is 0. The average molecular weight is 398 g/mol. The van der Waals surface area contributed by atoms with Gasteiger partial charge in [-0.15, -0.1) is 24.8 Å². The summed E-state index contributed by atoms with van der Waals surface area (Å²) in [6, 6.07) is 0. The minimum absolute atomic E-state index is 0. The van der Waals surface area contributed by atoms with Crippen LogP contribution in [0.5, 0.6) is 0 Å². The fourth-order valence-electron chi connectivity index (χ4n) is 3.76. The summed E-state index contributed by atoms with van der Waals surface area (Å²) in [4.78, 5) is 14.6. The number of nitrogens with zero attached hydrogens (tertiary/aromatic N) is 1. The van der Waals surface area contributed by atoms with Crippen LogP contribution in [0, 0.1) is 17.8 Å². The highest BCUT2D eigenvalue weighted by atomic mass is 35.5. The maximum absolute atomic E-state index is 12.2. The predicted octanol–water partition coefficient (Wildman–Crippen LogP) is 2.33. The van der Waals surface area contributed by atoms with Crippen LogP contribution in [0.2, 0.25) is 0 Å². The normalized spacial score (nSPS) is 23.4. The van der Waals surface area contributed by atoms with Crippen molar-refractivity contribution in [1.29, 1.82) is 0 Å². The van der Waals surface area contributed by atoms with E-state index in [0.29, 0.717) is 30.7 Å². The van der Waals surface area contributed by atoms with E-state index in [4.69, 9.17) is 4.74 Å². The average Bonchev–Trinajstić information content (AvgIpc) is 2.53. The van der Waals surface area contributed by atoms with Gasteiger partial charge >= 0.3 is 0 Å². The first kappa shape index (κ1) is 24.9. The number of carbonyl (C=O) groups is 1. The van der Waals surface area contributed by atoms with Crippen molar-refractivity contribution in [3.05, 3.63) is 0 Å². The predicted molar refractivity (Wildman–Crippen MR) is 108 cm³/mol. The molecule has 2 atom stereocenters. The summed E-state index contributed by atoms with van der Waals surface area (Å²) in [5, 5.41) is 6.48. The zero-order valence-corrected chi connectivity index (χ0v) is 17.6. The second kappa shape index (κ2) is 13.2. The lowest BCUT2D eigenvalue weighted by molar-refractivity contribution is -0.123. The lowest BCUT2D eigenvalue weighted by Crippen LogP contribution is -2.48. The van der Waals surface area contributed by atoms with Crippen molar-refractivity contribution in [3.63, 3.8) is 0 Å². The summed E-state index contributed by atoms with van der Waals surface area (Å²) in [6.07, 6.45) is 3.18. The molecule has 1 amide bonds.